The van der Waals surface area contributed by atoms with E-state index >= 15 is 0 Å². The minimum Gasteiger partial charge on any atom is -0.456 e. The molecule has 1 aromatic carbocycles. The molecule has 0 amide bonds. The number of aromatic amines is 1. The molecule has 4 aliphatic heterocycles. The van der Waals surface area contributed by atoms with E-state index in [2.05, 4.69) is 68.7 Å². The van der Waals surface area contributed by atoms with Gasteiger partial charge in [-0.15, -0.1) is 0 Å². The van der Waals surface area contributed by atoms with Crippen LogP contribution in [0.15, 0.2) is 42.7 Å². The maximum absolute atomic E-state index is 10.1. The van der Waals surface area contributed by atoms with Crippen molar-refractivity contribution < 1.29 is 24.1 Å². The molecular weight excluding hydrogens is 638 g/mol. The number of aliphatic hydroxyl groups excluding tert-OH is 1. The van der Waals surface area contributed by atoms with Crippen molar-refractivity contribution in [3.63, 3.8) is 0 Å². The van der Waals surface area contributed by atoms with Crippen LogP contribution in [0.4, 0.5) is 11.6 Å². The number of imidazole rings is 1. The molecule has 4 saturated heterocycles. The van der Waals surface area contributed by atoms with Crippen LogP contribution < -0.4 is 14.5 Å². The first-order chi connectivity index (χ1) is 22.6. The van der Waals surface area contributed by atoms with Crippen molar-refractivity contribution in [2.75, 3.05) is 55.8 Å². The van der Waals surface area contributed by atoms with E-state index in [1.165, 1.54) is 5.69 Å². The van der Waals surface area contributed by atoms with Crippen molar-refractivity contribution in [1.82, 2.24) is 24.9 Å². The Kier molecular flexibility index (Phi) is 7.89. The second kappa shape index (κ2) is 12.0. The number of aliphatic hydroxyl groups is 1. The number of ether oxygens (including phenoxy) is 4. The van der Waals surface area contributed by atoms with Gasteiger partial charge in [0.1, 0.15) is 18.3 Å². The molecule has 4 atom stereocenters. The Bertz CT molecular complexity index is 1740. The number of aromatic nitrogens is 5. The highest BCUT2D eigenvalue weighted by atomic mass is 35.5. The van der Waals surface area contributed by atoms with Gasteiger partial charge in [-0.1, -0.05) is 43.4 Å². The third kappa shape index (κ3) is 5.98. The molecule has 0 saturated carbocycles. The summed E-state index contributed by atoms with van der Waals surface area (Å²) < 4.78 is 23.8. The Hall–Kier alpha value is -3.33. The van der Waals surface area contributed by atoms with Crippen molar-refractivity contribution in [3.05, 3.63) is 53.3 Å². The van der Waals surface area contributed by atoms with Gasteiger partial charge in [-0.05, 0) is 24.2 Å². The molecule has 7 heterocycles. The van der Waals surface area contributed by atoms with Crippen LogP contribution in [0.3, 0.4) is 0 Å². The lowest BCUT2D eigenvalue weighted by Crippen LogP contribution is -2.72. The lowest BCUT2D eigenvalue weighted by atomic mass is 9.72. The van der Waals surface area contributed by atoms with E-state index in [4.69, 9.17) is 40.5 Å². The maximum Gasteiger partial charge on any atom is 0.296 e. The average molecular weight is 678 g/mol. The Morgan fingerprint density at radius 3 is 2.47 bits per heavy atom. The fraction of sp³-hybridized carbons (Fsp3) is 0.515. The van der Waals surface area contributed by atoms with Crippen LogP contribution in [0.2, 0.25) is 30.7 Å². The minimum absolute atomic E-state index is 0.231. The molecule has 12 nitrogen and oxygen atoms in total. The second-order valence-corrected chi connectivity index (χ2v) is 20.5. The van der Waals surface area contributed by atoms with Crippen LogP contribution in [-0.4, -0.2) is 109 Å². The third-order valence-corrected chi connectivity index (χ3v) is 11.7. The van der Waals surface area contributed by atoms with Gasteiger partial charge in [-0.25, -0.2) is 15.0 Å². The summed E-state index contributed by atoms with van der Waals surface area (Å²) in [4.78, 5) is 26.3. The van der Waals surface area contributed by atoms with E-state index in [9.17, 15) is 5.11 Å². The van der Waals surface area contributed by atoms with Crippen LogP contribution in [-0.2, 0) is 20.8 Å². The highest BCUT2D eigenvalue weighted by Gasteiger charge is 2.52. The second-order valence-electron chi connectivity index (χ2n) is 14.5. The van der Waals surface area contributed by atoms with E-state index in [-0.39, 0.29) is 12.7 Å². The van der Waals surface area contributed by atoms with Crippen molar-refractivity contribution in [2.45, 2.75) is 56.7 Å². The van der Waals surface area contributed by atoms with Gasteiger partial charge in [0.2, 0.25) is 5.95 Å². The van der Waals surface area contributed by atoms with E-state index in [0.29, 0.717) is 53.1 Å². The summed E-state index contributed by atoms with van der Waals surface area (Å²) in [6.07, 6.45) is 1.79. The first-order valence-corrected chi connectivity index (χ1v) is 20.3. The molecule has 0 radical (unpaired) electrons. The van der Waals surface area contributed by atoms with Crippen molar-refractivity contribution in [2.24, 2.45) is 5.41 Å². The first-order valence-electron chi connectivity index (χ1n) is 16.3. The summed E-state index contributed by atoms with van der Waals surface area (Å²) in [7, 11) is -1.26. The molecule has 2 N–H and O–H groups in total. The van der Waals surface area contributed by atoms with Crippen LogP contribution in [0.25, 0.3) is 22.4 Å². The largest absolute Gasteiger partial charge is 0.456 e. The summed E-state index contributed by atoms with van der Waals surface area (Å²) in [6.45, 7) is 12.5. The van der Waals surface area contributed by atoms with Gasteiger partial charge in [0, 0.05) is 75.5 Å². The Morgan fingerprint density at radius 1 is 1.00 bits per heavy atom. The van der Waals surface area contributed by atoms with Gasteiger partial charge >= 0.3 is 0 Å². The number of benzene rings is 1. The topological polar surface area (TPSA) is 131 Å². The quantitative estimate of drug-likeness (QED) is 0.185. The highest BCUT2D eigenvalue weighted by molar-refractivity contribution is 6.76. The van der Waals surface area contributed by atoms with Gasteiger partial charge < -0.3 is 38.8 Å². The molecule has 3 aromatic heterocycles. The van der Waals surface area contributed by atoms with Crippen LogP contribution in [0.5, 0.6) is 6.01 Å². The van der Waals surface area contributed by atoms with E-state index in [0.717, 1.165) is 49.3 Å². The molecule has 4 aromatic rings. The lowest BCUT2D eigenvalue weighted by molar-refractivity contribution is 0.00705. The number of fused-ring (bicyclic) bond motifs is 2. The zero-order valence-electron chi connectivity index (χ0n) is 26.9. The van der Waals surface area contributed by atoms with E-state index in [1.807, 2.05) is 6.07 Å². The molecule has 8 rings (SSSR count). The number of rotatable bonds is 10. The zero-order valence-corrected chi connectivity index (χ0v) is 28.6. The molecule has 0 bridgehead atoms. The third-order valence-electron chi connectivity index (χ3n) is 9.59. The highest BCUT2D eigenvalue weighted by Crippen LogP contribution is 2.43. The lowest BCUT2D eigenvalue weighted by Gasteiger charge is -2.60. The van der Waals surface area contributed by atoms with Crippen molar-refractivity contribution in [3.8, 4) is 17.3 Å². The van der Waals surface area contributed by atoms with Crippen molar-refractivity contribution >= 4 is 42.5 Å². The van der Waals surface area contributed by atoms with Crippen LogP contribution in [0, 0.1) is 5.41 Å². The number of H-pyrrole nitrogens is 1. The molecule has 0 unspecified atom stereocenters. The average Bonchev–Trinajstić information content (AvgIpc) is 3.71. The maximum atomic E-state index is 10.1. The SMILES string of the molecule is C[Si](C)(C)CCOCc1c(Cl)c(-c2ccc(N3CC4(C3)CN(c3ncccn3)C4)cc2)nc2nc(O[C@@H]3CO[C@H]4[C@@H]3OC[C@H]4O)[nH]c12. The predicted molar refractivity (Wildman–Crippen MR) is 181 cm³/mol. The number of nitrogens with zero attached hydrogens (tertiary/aromatic N) is 6. The Labute approximate surface area is 279 Å². The summed E-state index contributed by atoms with van der Waals surface area (Å²) in [5, 5.41) is 10.7. The van der Waals surface area contributed by atoms with Gasteiger partial charge in [-0.3, -0.25) is 0 Å². The molecule has 248 valence electrons. The normalized spacial score (nSPS) is 24.9. The van der Waals surface area contributed by atoms with E-state index in [1.54, 1.807) is 12.4 Å². The number of halogens is 1. The standard InChI is InChI=1S/C33H40ClN7O5Si/c1-47(2,3)12-11-43-13-22-25(34)26(37-30-27(22)38-32(39-30)46-24-15-45-28-23(42)14-44-29(24)28)20-5-7-21(8-6-20)40-16-33(17-40)18-41(19-33)31-35-9-4-10-36-31/h4-10,23-24,28-29,42H,11-19H2,1-3H3,(H,37,38,39)/t23-,24-,28-,29-/m1/s1. The molecule has 4 fully saturated rings. The number of hydrogen-bond donors (Lipinski definition) is 2. The van der Waals surface area contributed by atoms with Crippen molar-refractivity contribution in [1.29, 1.82) is 0 Å². The van der Waals surface area contributed by atoms with Gasteiger partial charge in [0.15, 0.2) is 11.8 Å². The molecule has 47 heavy (non-hydrogen) atoms. The number of hydrogen-bond acceptors (Lipinski definition) is 11. The van der Waals surface area contributed by atoms with Gasteiger partial charge in [0.25, 0.3) is 6.01 Å². The van der Waals surface area contributed by atoms with Gasteiger partial charge in [0.05, 0.1) is 36.1 Å². The molecule has 0 aliphatic carbocycles. The fourth-order valence-electron chi connectivity index (χ4n) is 7.00. The number of pyridine rings is 1. The van der Waals surface area contributed by atoms with Gasteiger partial charge in [-0.2, -0.15) is 4.98 Å². The summed E-state index contributed by atoms with van der Waals surface area (Å²) >= 11 is 7.11. The molecular formula is C33H40ClN7O5Si. The molecule has 14 heteroatoms. The minimum atomic E-state index is -1.26. The monoisotopic (exact) mass is 677 g/mol. The fourth-order valence-corrected chi connectivity index (χ4v) is 8.06. The Morgan fingerprint density at radius 2 is 1.72 bits per heavy atom. The molecule has 1 spiro atoms. The zero-order chi connectivity index (χ0) is 32.3. The number of nitrogens with one attached hydrogen (secondary N) is 1. The smallest absolute Gasteiger partial charge is 0.296 e. The summed E-state index contributed by atoms with van der Waals surface area (Å²) in [5.41, 5.74) is 5.00. The first kappa shape index (κ1) is 31.0. The predicted octanol–water partition coefficient (Wildman–Crippen LogP) is 4.16. The van der Waals surface area contributed by atoms with Crippen LogP contribution in [0.1, 0.15) is 5.56 Å². The Balaban J connectivity index is 1.00. The molecule has 4 aliphatic rings. The van der Waals surface area contributed by atoms with Crippen LogP contribution >= 0.6 is 11.6 Å². The number of anilines is 2. The van der Waals surface area contributed by atoms with E-state index < -0.39 is 26.4 Å². The summed E-state index contributed by atoms with van der Waals surface area (Å²) in [5.74, 6) is 0.808. The summed E-state index contributed by atoms with van der Waals surface area (Å²) in [6, 6.07) is 11.6.